The van der Waals surface area contributed by atoms with E-state index in [1.54, 1.807) is 18.3 Å². The zero-order valence-corrected chi connectivity index (χ0v) is 14.4. The fourth-order valence-corrected chi connectivity index (χ4v) is 2.73. The number of benzene rings is 2. The van der Waals surface area contributed by atoms with E-state index in [-0.39, 0.29) is 0 Å². The maximum Gasteiger partial charge on any atom is 0.147 e. The summed E-state index contributed by atoms with van der Waals surface area (Å²) < 4.78 is 7.38. The molecule has 0 atom stereocenters. The minimum Gasteiger partial charge on any atom is -0.487 e. The average molecular weight is 361 g/mol. The van der Waals surface area contributed by atoms with Gasteiger partial charge in [-0.1, -0.05) is 53.0 Å². The molecule has 0 saturated heterocycles. The van der Waals surface area contributed by atoms with E-state index in [9.17, 15) is 0 Å². The molecule has 1 heterocycles. The molecule has 0 N–H and O–H groups in total. The smallest absolute Gasteiger partial charge is 0.147 e. The molecule has 0 radical (unpaired) electrons. The van der Waals surface area contributed by atoms with Gasteiger partial charge in [0, 0.05) is 10.6 Å². The molecule has 0 saturated carbocycles. The normalized spacial score (nSPS) is 11.1. The third-order valence-corrected chi connectivity index (χ3v) is 3.74. The Bertz CT molecular complexity index is 863. The summed E-state index contributed by atoms with van der Waals surface area (Å²) in [7, 11) is 0. The quantitative estimate of drug-likeness (QED) is 0.635. The molecule has 3 aromatic rings. The molecule has 0 unspecified atom stereocenters. The predicted molar refractivity (Wildman–Crippen MR) is 95.0 cm³/mol. The lowest BCUT2D eigenvalue weighted by atomic mass is 10.1. The first-order valence-corrected chi connectivity index (χ1v) is 7.94. The van der Waals surface area contributed by atoms with Crippen LogP contribution in [-0.4, -0.2) is 21.1 Å². The highest BCUT2D eigenvalue weighted by molar-refractivity contribution is 6.36. The van der Waals surface area contributed by atoms with Crippen LogP contribution in [0.25, 0.3) is 0 Å². The molecule has 5 nitrogen and oxygen atoms in total. The average Bonchev–Trinajstić information content (AvgIpc) is 3.05. The Kier molecular flexibility index (Phi) is 5.13. The number of hydrogen-bond acceptors (Lipinski definition) is 4. The summed E-state index contributed by atoms with van der Waals surface area (Å²) >= 11 is 12.4. The van der Waals surface area contributed by atoms with Crippen LogP contribution < -0.4 is 4.74 Å². The summed E-state index contributed by atoms with van der Waals surface area (Å²) in [6.45, 7) is 2.44. The Morgan fingerprint density at radius 1 is 1.17 bits per heavy atom. The topological polar surface area (TPSA) is 52.3 Å². The van der Waals surface area contributed by atoms with Crippen molar-refractivity contribution in [3.05, 3.63) is 75.8 Å². The largest absolute Gasteiger partial charge is 0.487 e. The molecule has 7 heteroatoms. The van der Waals surface area contributed by atoms with Crippen LogP contribution in [0.2, 0.25) is 10.0 Å². The summed E-state index contributed by atoms with van der Waals surface area (Å²) in [5, 5.41) is 12.5. The van der Waals surface area contributed by atoms with Crippen molar-refractivity contribution in [2.75, 3.05) is 0 Å². The van der Waals surface area contributed by atoms with Gasteiger partial charge in [0.2, 0.25) is 0 Å². The van der Waals surface area contributed by atoms with Crippen LogP contribution in [0.15, 0.2) is 54.2 Å². The number of rotatable bonds is 5. The first-order chi connectivity index (χ1) is 11.6. The van der Waals surface area contributed by atoms with E-state index >= 15 is 0 Å². The summed E-state index contributed by atoms with van der Waals surface area (Å²) in [6, 6.07) is 11.5. The summed E-state index contributed by atoms with van der Waals surface area (Å²) in [5.74, 6) is 0.527. The lowest BCUT2D eigenvalue weighted by Gasteiger charge is -2.12. The van der Waals surface area contributed by atoms with E-state index in [1.807, 2.05) is 25.1 Å². The molecular formula is C17H14Cl2N4O. The Labute approximate surface area is 149 Å². The van der Waals surface area contributed by atoms with Gasteiger partial charge in [0.1, 0.15) is 25.0 Å². The van der Waals surface area contributed by atoms with Crippen molar-refractivity contribution >= 4 is 29.4 Å². The first-order valence-electron chi connectivity index (χ1n) is 7.18. The second-order valence-corrected chi connectivity index (χ2v) is 6.01. The maximum absolute atomic E-state index is 6.29. The van der Waals surface area contributed by atoms with Gasteiger partial charge < -0.3 is 4.74 Å². The molecule has 122 valence electrons. The van der Waals surface area contributed by atoms with Crippen LogP contribution in [0.3, 0.4) is 0 Å². The minimum absolute atomic E-state index is 0.399. The predicted octanol–water partition coefficient (Wildman–Crippen LogP) is 4.35. The molecule has 3 rings (SSSR count). The molecular weight excluding hydrogens is 347 g/mol. The van der Waals surface area contributed by atoms with Gasteiger partial charge in [0.05, 0.1) is 11.2 Å². The van der Waals surface area contributed by atoms with Crippen molar-refractivity contribution in [1.29, 1.82) is 0 Å². The van der Waals surface area contributed by atoms with Crippen molar-refractivity contribution in [1.82, 2.24) is 14.9 Å². The Balaban J connectivity index is 1.85. The van der Waals surface area contributed by atoms with E-state index < -0.39 is 0 Å². The monoisotopic (exact) mass is 360 g/mol. The highest BCUT2D eigenvalue weighted by Gasteiger charge is 2.10. The fraction of sp³-hybridized carbons (Fsp3) is 0.118. The highest BCUT2D eigenvalue weighted by atomic mass is 35.5. The number of hydrogen-bond donors (Lipinski definition) is 0. The second kappa shape index (κ2) is 7.47. The Morgan fingerprint density at radius 3 is 2.71 bits per heavy atom. The summed E-state index contributed by atoms with van der Waals surface area (Å²) in [4.78, 5) is 0. The van der Waals surface area contributed by atoms with E-state index in [0.717, 1.165) is 5.56 Å². The number of nitrogens with zero attached hydrogens (tertiary/aromatic N) is 4. The molecule has 2 aromatic carbocycles. The molecule has 24 heavy (non-hydrogen) atoms. The third-order valence-electron chi connectivity index (χ3n) is 3.24. The first kappa shape index (κ1) is 16.5. The molecule has 0 fully saturated rings. The summed E-state index contributed by atoms with van der Waals surface area (Å²) in [6.07, 6.45) is 4.57. The zero-order valence-electron chi connectivity index (χ0n) is 12.9. The van der Waals surface area contributed by atoms with Crippen LogP contribution >= 0.6 is 23.2 Å². The standard InChI is InChI=1S/C17H14Cl2N4O/c1-12-3-2-4-13(5-12)9-24-17-14(6-15(18)7-16(17)19)8-22-23-10-20-21-11-23/h2-8,10-11H,9H2,1H3. The zero-order chi connectivity index (χ0) is 16.9. The van der Waals surface area contributed by atoms with Gasteiger partial charge in [0.15, 0.2) is 0 Å². The molecule has 0 amide bonds. The van der Waals surface area contributed by atoms with Gasteiger partial charge in [-0.25, -0.2) is 4.68 Å². The van der Waals surface area contributed by atoms with Crippen LogP contribution in [0.1, 0.15) is 16.7 Å². The van der Waals surface area contributed by atoms with Crippen LogP contribution in [-0.2, 0) is 6.61 Å². The molecule has 0 aliphatic carbocycles. The Hall–Kier alpha value is -2.37. The number of halogens is 2. The van der Waals surface area contributed by atoms with Crippen LogP contribution in [0, 0.1) is 6.92 Å². The molecule has 0 spiro atoms. The number of ether oxygens (including phenoxy) is 1. The lowest BCUT2D eigenvalue weighted by Crippen LogP contribution is -2.00. The van der Waals surface area contributed by atoms with E-state index in [0.29, 0.717) is 28.0 Å². The van der Waals surface area contributed by atoms with Crippen LogP contribution in [0.4, 0.5) is 0 Å². The van der Waals surface area contributed by atoms with Gasteiger partial charge in [-0.15, -0.1) is 10.2 Å². The summed E-state index contributed by atoms with van der Waals surface area (Å²) in [5.41, 5.74) is 2.91. The molecule has 0 aliphatic heterocycles. The van der Waals surface area contributed by atoms with Crippen molar-refractivity contribution in [2.24, 2.45) is 5.10 Å². The van der Waals surface area contributed by atoms with Gasteiger partial charge >= 0.3 is 0 Å². The Morgan fingerprint density at radius 2 is 1.96 bits per heavy atom. The molecule has 0 aliphatic rings. The SMILES string of the molecule is Cc1cccc(COc2c(Cl)cc(Cl)cc2C=Nn2cnnc2)c1. The number of aryl methyl sites for hydroxylation is 1. The van der Waals surface area contributed by atoms with Gasteiger partial charge in [-0.05, 0) is 24.6 Å². The fourth-order valence-electron chi connectivity index (χ4n) is 2.17. The highest BCUT2D eigenvalue weighted by Crippen LogP contribution is 2.32. The van der Waals surface area contributed by atoms with Crippen LogP contribution in [0.5, 0.6) is 5.75 Å². The van der Waals surface area contributed by atoms with Crippen molar-refractivity contribution in [3.8, 4) is 5.75 Å². The third kappa shape index (κ3) is 4.13. The minimum atomic E-state index is 0.399. The van der Waals surface area contributed by atoms with E-state index in [4.69, 9.17) is 27.9 Å². The molecule has 0 bridgehead atoms. The van der Waals surface area contributed by atoms with Crippen molar-refractivity contribution < 1.29 is 4.74 Å². The van der Waals surface area contributed by atoms with Gasteiger partial charge in [-0.3, -0.25) is 0 Å². The lowest BCUT2D eigenvalue weighted by molar-refractivity contribution is 0.306. The van der Waals surface area contributed by atoms with Gasteiger partial charge in [0.25, 0.3) is 0 Å². The maximum atomic E-state index is 6.29. The second-order valence-electron chi connectivity index (χ2n) is 5.17. The van der Waals surface area contributed by atoms with Gasteiger partial charge in [-0.2, -0.15) is 5.10 Å². The van der Waals surface area contributed by atoms with Crippen molar-refractivity contribution in [3.63, 3.8) is 0 Å². The molecule has 1 aromatic heterocycles. The van der Waals surface area contributed by atoms with Crippen molar-refractivity contribution in [2.45, 2.75) is 13.5 Å². The number of aromatic nitrogens is 3. The van der Waals surface area contributed by atoms with E-state index in [2.05, 4.69) is 21.4 Å². The van der Waals surface area contributed by atoms with E-state index in [1.165, 1.54) is 22.9 Å².